The van der Waals surface area contributed by atoms with Gasteiger partial charge in [0.15, 0.2) is 13.1 Å². The van der Waals surface area contributed by atoms with Crippen LogP contribution in [-0.4, -0.2) is 38.6 Å². The van der Waals surface area contributed by atoms with Crippen LogP contribution in [0.5, 0.6) is 5.75 Å². The molecule has 0 saturated heterocycles. The summed E-state index contributed by atoms with van der Waals surface area (Å²) in [5, 5.41) is 5.98. The highest BCUT2D eigenvalue weighted by Gasteiger charge is 2.19. The fourth-order valence-corrected chi connectivity index (χ4v) is 4.04. The van der Waals surface area contributed by atoms with Gasteiger partial charge in [-0.05, 0) is 80.5 Å². The molecule has 1 unspecified atom stereocenters. The van der Waals surface area contributed by atoms with E-state index in [9.17, 15) is 9.59 Å². The van der Waals surface area contributed by atoms with Gasteiger partial charge in [0.1, 0.15) is 5.75 Å². The molecule has 2 amide bonds. The summed E-state index contributed by atoms with van der Waals surface area (Å²) in [6, 6.07) is 13.7. The summed E-state index contributed by atoms with van der Waals surface area (Å²) in [5.41, 5.74) is 4.72. The first-order valence-electron chi connectivity index (χ1n) is 11.2. The predicted octanol–water partition coefficient (Wildman–Crippen LogP) is 2.29. The molecule has 2 atom stereocenters. The van der Waals surface area contributed by atoms with E-state index in [1.807, 2.05) is 13.8 Å². The number of hydrogen-bond donors (Lipinski definition) is 3. The third-order valence-electron chi connectivity index (χ3n) is 5.94. The molecule has 2 aromatic rings. The maximum absolute atomic E-state index is 12.6. The first kappa shape index (κ1) is 22.8. The SMILES string of the molecule is CC[NH+](CC(=O)Nc1ccc(OC)cc1)CC(=O)N[C@H](C)c1ccc2c(c1)CCCC2. The number of methoxy groups -OCH3 is 1. The zero-order valence-corrected chi connectivity index (χ0v) is 18.8. The van der Waals surface area contributed by atoms with Crippen LogP contribution in [0, 0.1) is 0 Å². The lowest BCUT2D eigenvalue weighted by Crippen LogP contribution is -3.14. The van der Waals surface area contributed by atoms with Crippen molar-refractivity contribution in [3.05, 3.63) is 59.2 Å². The second kappa shape index (κ2) is 11.0. The molecular formula is C25H34N3O3+. The third kappa shape index (κ3) is 6.56. The normalized spacial score (nSPS) is 14.8. The average molecular weight is 425 g/mol. The van der Waals surface area contributed by atoms with Gasteiger partial charge < -0.3 is 20.3 Å². The number of carbonyl (C=O) groups excluding carboxylic acids is 2. The second-order valence-corrected chi connectivity index (χ2v) is 8.26. The Morgan fingerprint density at radius 2 is 1.68 bits per heavy atom. The Labute approximate surface area is 185 Å². The Morgan fingerprint density at radius 1 is 1.00 bits per heavy atom. The van der Waals surface area contributed by atoms with Crippen LogP contribution in [0.3, 0.4) is 0 Å². The average Bonchev–Trinajstić information content (AvgIpc) is 2.78. The maximum Gasteiger partial charge on any atom is 0.279 e. The van der Waals surface area contributed by atoms with Gasteiger partial charge in [-0.1, -0.05) is 18.2 Å². The highest BCUT2D eigenvalue weighted by molar-refractivity contribution is 5.91. The molecule has 0 fully saturated rings. The van der Waals surface area contributed by atoms with Crippen LogP contribution in [0.2, 0.25) is 0 Å². The number of nitrogens with one attached hydrogen (secondary N) is 3. The summed E-state index contributed by atoms with van der Waals surface area (Å²) in [4.78, 5) is 25.9. The van der Waals surface area contributed by atoms with Crippen LogP contribution in [0.4, 0.5) is 5.69 Å². The van der Waals surface area contributed by atoms with Gasteiger partial charge in [0.05, 0.1) is 19.7 Å². The standard InChI is InChI=1S/C25H33N3O3/c1-4-28(17-25(30)27-22-11-13-23(31-3)14-12-22)16-24(29)26-18(2)20-10-9-19-7-5-6-8-21(19)15-20/h9-15,18H,4-8,16-17H2,1-3H3,(H,26,29)(H,27,30)/p+1/t18-/m1/s1. The zero-order chi connectivity index (χ0) is 22.2. The van der Waals surface area contributed by atoms with Gasteiger partial charge in [0.25, 0.3) is 11.8 Å². The summed E-state index contributed by atoms with van der Waals surface area (Å²) in [6.07, 6.45) is 4.79. The lowest BCUT2D eigenvalue weighted by Gasteiger charge is -2.21. The number of hydrogen-bond acceptors (Lipinski definition) is 3. The quantitative estimate of drug-likeness (QED) is 0.578. The van der Waals surface area contributed by atoms with E-state index in [2.05, 4.69) is 28.8 Å². The van der Waals surface area contributed by atoms with Gasteiger partial charge in [-0.2, -0.15) is 0 Å². The van der Waals surface area contributed by atoms with E-state index >= 15 is 0 Å². The van der Waals surface area contributed by atoms with E-state index in [0.29, 0.717) is 12.2 Å². The Bertz CT molecular complexity index is 895. The molecule has 2 aromatic carbocycles. The van der Waals surface area contributed by atoms with Crippen molar-refractivity contribution in [3.8, 4) is 5.75 Å². The van der Waals surface area contributed by atoms with Crippen LogP contribution < -0.4 is 20.3 Å². The molecule has 31 heavy (non-hydrogen) atoms. The number of likely N-dealkylation sites (N-methyl/N-ethyl adjacent to an activating group) is 1. The molecule has 0 aromatic heterocycles. The van der Waals surface area contributed by atoms with Crippen molar-refractivity contribution in [2.75, 3.05) is 32.1 Å². The molecule has 0 saturated carbocycles. The zero-order valence-electron chi connectivity index (χ0n) is 18.8. The van der Waals surface area contributed by atoms with E-state index in [1.165, 1.54) is 24.0 Å². The molecule has 1 aliphatic carbocycles. The highest BCUT2D eigenvalue weighted by Crippen LogP contribution is 2.24. The van der Waals surface area contributed by atoms with E-state index < -0.39 is 0 Å². The second-order valence-electron chi connectivity index (χ2n) is 8.26. The number of amides is 2. The fourth-order valence-electron chi connectivity index (χ4n) is 4.04. The Morgan fingerprint density at radius 3 is 2.35 bits per heavy atom. The fraction of sp³-hybridized carbons (Fsp3) is 0.440. The lowest BCUT2D eigenvalue weighted by atomic mass is 9.89. The minimum absolute atomic E-state index is 0.0423. The van der Waals surface area contributed by atoms with Crippen LogP contribution in [-0.2, 0) is 22.4 Å². The molecule has 3 rings (SSSR count). The topological polar surface area (TPSA) is 71.9 Å². The van der Waals surface area contributed by atoms with Crippen LogP contribution in [0.25, 0.3) is 0 Å². The minimum Gasteiger partial charge on any atom is -0.497 e. The molecule has 166 valence electrons. The number of fused-ring (bicyclic) bond motifs is 1. The molecule has 0 spiro atoms. The first-order valence-corrected chi connectivity index (χ1v) is 11.2. The maximum atomic E-state index is 12.6. The number of carbonyl (C=O) groups is 2. The van der Waals surface area contributed by atoms with Crippen molar-refractivity contribution in [2.24, 2.45) is 0 Å². The summed E-state index contributed by atoms with van der Waals surface area (Å²) in [5.74, 6) is 0.584. The highest BCUT2D eigenvalue weighted by atomic mass is 16.5. The summed E-state index contributed by atoms with van der Waals surface area (Å²) in [6.45, 7) is 5.20. The molecule has 3 N–H and O–H groups in total. The van der Waals surface area contributed by atoms with E-state index in [4.69, 9.17) is 4.74 Å². The summed E-state index contributed by atoms with van der Waals surface area (Å²) < 4.78 is 5.13. The smallest absolute Gasteiger partial charge is 0.279 e. The van der Waals surface area contributed by atoms with Crippen molar-refractivity contribution in [1.82, 2.24) is 5.32 Å². The van der Waals surface area contributed by atoms with Crippen molar-refractivity contribution in [2.45, 2.75) is 45.6 Å². The van der Waals surface area contributed by atoms with Crippen molar-refractivity contribution in [1.29, 1.82) is 0 Å². The molecule has 0 heterocycles. The van der Waals surface area contributed by atoms with E-state index in [-0.39, 0.29) is 30.9 Å². The number of rotatable bonds is 9. The molecule has 0 bridgehead atoms. The monoisotopic (exact) mass is 424 g/mol. The minimum atomic E-state index is -0.113. The summed E-state index contributed by atoms with van der Waals surface area (Å²) >= 11 is 0. The largest absolute Gasteiger partial charge is 0.497 e. The van der Waals surface area contributed by atoms with Gasteiger partial charge in [-0.15, -0.1) is 0 Å². The molecule has 0 aliphatic heterocycles. The first-order chi connectivity index (χ1) is 15.0. The Balaban J connectivity index is 1.49. The van der Waals surface area contributed by atoms with E-state index in [0.717, 1.165) is 29.1 Å². The van der Waals surface area contributed by atoms with Crippen LogP contribution in [0.1, 0.15) is 49.4 Å². The number of quaternary nitrogens is 1. The van der Waals surface area contributed by atoms with Gasteiger partial charge >= 0.3 is 0 Å². The third-order valence-corrected chi connectivity index (χ3v) is 5.94. The van der Waals surface area contributed by atoms with Gasteiger partial charge in [-0.3, -0.25) is 9.59 Å². The molecule has 6 nitrogen and oxygen atoms in total. The van der Waals surface area contributed by atoms with Gasteiger partial charge in [0.2, 0.25) is 0 Å². The number of ether oxygens (including phenoxy) is 1. The predicted molar refractivity (Wildman–Crippen MR) is 123 cm³/mol. The van der Waals surface area contributed by atoms with Crippen molar-refractivity contribution < 1.29 is 19.2 Å². The molecule has 1 aliphatic rings. The molecule has 0 radical (unpaired) electrons. The lowest BCUT2D eigenvalue weighted by molar-refractivity contribution is -0.881. The number of aryl methyl sites for hydroxylation is 2. The van der Waals surface area contributed by atoms with Crippen molar-refractivity contribution >= 4 is 17.5 Å². The number of anilines is 1. The molecule has 6 heteroatoms. The van der Waals surface area contributed by atoms with Gasteiger partial charge in [-0.25, -0.2) is 0 Å². The number of benzene rings is 2. The summed E-state index contributed by atoms with van der Waals surface area (Å²) in [7, 11) is 1.60. The Hall–Kier alpha value is -2.86. The van der Waals surface area contributed by atoms with Crippen molar-refractivity contribution in [3.63, 3.8) is 0 Å². The van der Waals surface area contributed by atoms with E-state index in [1.54, 1.807) is 31.4 Å². The Kier molecular flexibility index (Phi) is 8.06. The van der Waals surface area contributed by atoms with Gasteiger partial charge in [0, 0.05) is 5.69 Å². The molecular weight excluding hydrogens is 390 g/mol. The van der Waals surface area contributed by atoms with Crippen LogP contribution >= 0.6 is 0 Å². The van der Waals surface area contributed by atoms with Crippen LogP contribution in [0.15, 0.2) is 42.5 Å².